The van der Waals surface area contributed by atoms with Gasteiger partial charge in [0, 0.05) is 25.3 Å². The number of esters is 1. The number of ether oxygens (including phenoxy) is 1. The van der Waals surface area contributed by atoms with Crippen LogP contribution < -0.4 is 0 Å². The molecular weight excluding hydrogens is 272 g/mol. The lowest BCUT2D eigenvalue weighted by molar-refractivity contribution is -0.137. The van der Waals surface area contributed by atoms with Crippen molar-refractivity contribution in [3.05, 3.63) is 12.7 Å². The van der Waals surface area contributed by atoms with Crippen LogP contribution in [0.2, 0.25) is 12.1 Å². The van der Waals surface area contributed by atoms with Crippen molar-refractivity contribution >= 4 is 14.5 Å². The fourth-order valence-electron chi connectivity index (χ4n) is 1.74. The lowest BCUT2D eigenvalue weighted by atomic mass is 10.4. The zero-order chi connectivity index (χ0) is 15.3. The third kappa shape index (κ3) is 8.50. The van der Waals surface area contributed by atoms with Crippen LogP contribution in [-0.4, -0.2) is 34.4 Å². The van der Waals surface area contributed by atoms with Gasteiger partial charge in [-0.25, -0.2) is 4.79 Å². The lowest BCUT2D eigenvalue weighted by Gasteiger charge is -2.29. The largest absolute Gasteiger partial charge is 0.463 e. The van der Waals surface area contributed by atoms with Gasteiger partial charge in [0.05, 0.1) is 6.61 Å². The Morgan fingerprint density at radius 2 is 1.60 bits per heavy atom. The highest BCUT2D eigenvalue weighted by Crippen LogP contribution is 2.20. The molecular formula is C15H30O4Si. The topological polar surface area (TPSA) is 44.8 Å². The summed E-state index contributed by atoms with van der Waals surface area (Å²) in [4.78, 5) is 11.1. The molecule has 0 radical (unpaired) electrons. The molecule has 118 valence electrons. The quantitative estimate of drug-likeness (QED) is 0.225. The average Bonchev–Trinajstić information content (AvgIpc) is 2.47. The van der Waals surface area contributed by atoms with Crippen molar-refractivity contribution in [2.75, 3.05) is 19.8 Å². The minimum Gasteiger partial charge on any atom is -0.463 e. The highest BCUT2D eigenvalue weighted by molar-refractivity contribution is 6.67. The van der Waals surface area contributed by atoms with Gasteiger partial charge >= 0.3 is 14.5 Å². The Bertz CT molecular complexity index is 259. The number of unbranched alkanes of at least 4 members (excludes halogenated alkanes) is 2. The first kappa shape index (κ1) is 19.3. The maximum absolute atomic E-state index is 11.1. The number of hydrogen-bond acceptors (Lipinski definition) is 4. The van der Waals surface area contributed by atoms with Gasteiger partial charge in [-0.2, -0.15) is 0 Å². The molecule has 0 amide bonds. The predicted octanol–water partition coefficient (Wildman–Crippen LogP) is 3.81. The van der Waals surface area contributed by atoms with E-state index in [4.69, 9.17) is 13.6 Å². The van der Waals surface area contributed by atoms with E-state index >= 15 is 0 Å². The molecule has 0 aliphatic heterocycles. The van der Waals surface area contributed by atoms with Crippen molar-refractivity contribution in [3.63, 3.8) is 0 Å². The SMILES string of the molecule is C=CC(=O)OCC[Si](CC)(OCCCC)OCCCC. The van der Waals surface area contributed by atoms with Crippen LogP contribution >= 0.6 is 0 Å². The third-order valence-corrected chi connectivity index (χ3v) is 6.66. The molecule has 0 atom stereocenters. The minimum atomic E-state index is -2.24. The summed E-state index contributed by atoms with van der Waals surface area (Å²) >= 11 is 0. The van der Waals surface area contributed by atoms with Gasteiger partial charge < -0.3 is 13.6 Å². The zero-order valence-electron chi connectivity index (χ0n) is 13.3. The molecule has 0 aromatic heterocycles. The summed E-state index contributed by atoms with van der Waals surface area (Å²) in [5.74, 6) is -0.383. The molecule has 5 heteroatoms. The first-order chi connectivity index (χ1) is 9.64. The van der Waals surface area contributed by atoms with Crippen molar-refractivity contribution in [2.45, 2.75) is 58.5 Å². The molecule has 0 unspecified atom stereocenters. The van der Waals surface area contributed by atoms with E-state index in [1.54, 1.807) is 0 Å². The molecule has 0 rings (SSSR count). The van der Waals surface area contributed by atoms with Crippen LogP contribution in [0.1, 0.15) is 46.5 Å². The molecule has 0 heterocycles. The van der Waals surface area contributed by atoms with Gasteiger partial charge in [-0.1, -0.05) is 40.2 Å². The summed E-state index contributed by atoms with van der Waals surface area (Å²) in [6.07, 6.45) is 5.48. The maximum Gasteiger partial charge on any atom is 0.341 e. The van der Waals surface area contributed by atoms with Crippen LogP contribution in [0.4, 0.5) is 0 Å². The number of hydrogen-bond donors (Lipinski definition) is 0. The number of carbonyl (C=O) groups excluding carboxylic acids is 1. The van der Waals surface area contributed by atoms with Crippen molar-refractivity contribution in [1.82, 2.24) is 0 Å². The van der Waals surface area contributed by atoms with Crippen molar-refractivity contribution in [3.8, 4) is 0 Å². The van der Waals surface area contributed by atoms with Crippen LogP contribution in [0, 0.1) is 0 Å². The van der Waals surface area contributed by atoms with Crippen molar-refractivity contribution in [1.29, 1.82) is 0 Å². The Balaban J connectivity index is 4.37. The second kappa shape index (κ2) is 12.1. The Hall–Kier alpha value is -0.653. The predicted molar refractivity (Wildman–Crippen MR) is 83.9 cm³/mol. The molecule has 20 heavy (non-hydrogen) atoms. The van der Waals surface area contributed by atoms with E-state index in [0.717, 1.165) is 44.9 Å². The van der Waals surface area contributed by atoms with Gasteiger partial charge in [-0.05, 0) is 18.9 Å². The van der Waals surface area contributed by atoms with E-state index in [1.807, 2.05) is 0 Å². The number of rotatable bonds is 13. The van der Waals surface area contributed by atoms with Crippen molar-refractivity contribution < 1.29 is 18.4 Å². The van der Waals surface area contributed by atoms with Gasteiger partial charge in [0.2, 0.25) is 0 Å². The summed E-state index contributed by atoms with van der Waals surface area (Å²) in [7, 11) is -2.24. The van der Waals surface area contributed by atoms with Gasteiger partial charge in [0.25, 0.3) is 0 Å². The average molecular weight is 302 g/mol. The van der Waals surface area contributed by atoms with Gasteiger partial charge in [-0.3, -0.25) is 0 Å². The van der Waals surface area contributed by atoms with E-state index in [0.29, 0.717) is 12.7 Å². The zero-order valence-corrected chi connectivity index (χ0v) is 14.3. The first-order valence-electron chi connectivity index (χ1n) is 7.71. The summed E-state index contributed by atoms with van der Waals surface area (Å²) in [5, 5.41) is 0. The summed E-state index contributed by atoms with van der Waals surface area (Å²) in [5.41, 5.74) is 0. The molecule has 0 spiro atoms. The summed E-state index contributed by atoms with van der Waals surface area (Å²) in [6, 6.07) is 1.57. The van der Waals surface area contributed by atoms with Gasteiger partial charge in [0.15, 0.2) is 0 Å². The van der Waals surface area contributed by atoms with Crippen LogP contribution in [0.15, 0.2) is 12.7 Å². The maximum atomic E-state index is 11.1. The lowest BCUT2D eigenvalue weighted by Crippen LogP contribution is -2.43. The van der Waals surface area contributed by atoms with E-state index in [2.05, 4.69) is 27.4 Å². The molecule has 0 aliphatic carbocycles. The molecule has 0 fully saturated rings. The molecule has 4 nitrogen and oxygen atoms in total. The molecule has 0 aromatic rings. The van der Waals surface area contributed by atoms with Gasteiger partial charge in [0.1, 0.15) is 0 Å². The van der Waals surface area contributed by atoms with E-state index in [-0.39, 0.29) is 5.97 Å². The van der Waals surface area contributed by atoms with Crippen molar-refractivity contribution in [2.24, 2.45) is 0 Å². The normalized spacial score (nSPS) is 11.3. The minimum absolute atomic E-state index is 0.350. The van der Waals surface area contributed by atoms with Crippen LogP contribution in [-0.2, 0) is 18.4 Å². The van der Waals surface area contributed by atoms with Crippen LogP contribution in [0.25, 0.3) is 0 Å². The third-order valence-electron chi connectivity index (χ3n) is 3.16. The fourth-order valence-corrected chi connectivity index (χ4v) is 4.32. The van der Waals surface area contributed by atoms with Crippen LogP contribution in [0.5, 0.6) is 0 Å². The fraction of sp³-hybridized carbons (Fsp3) is 0.800. The molecule has 0 saturated carbocycles. The van der Waals surface area contributed by atoms with Crippen LogP contribution in [0.3, 0.4) is 0 Å². The molecule has 0 aromatic carbocycles. The van der Waals surface area contributed by atoms with E-state index in [1.165, 1.54) is 6.08 Å². The Kier molecular flexibility index (Phi) is 11.7. The van der Waals surface area contributed by atoms with E-state index in [9.17, 15) is 4.79 Å². The second-order valence-corrected chi connectivity index (χ2v) is 8.40. The molecule has 0 saturated heterocycles. The highest BCUT2D eigenvalue weighted by atomic mass is 28.4. The smallest absolute Gasteiger partial charge is 0.341 e. The van der Waals surface area contributed by atoms with Gasteiger partial charge in [-0.15, -0.1) is 0 Å². The second-order valence-electron chi connectivity index (χ2n) is 4.79. The Labute approximate surface area is 124 Å². The highest BCUT2D eigenvalue weighted by Gasteiger charge is 2.35. The Morgan fingerprint density at radius 1 is 1.05 bits per heavy atom. The summed E-state index contributed by atoms with van der Waals surface area (Å²) in [6.45, 7) is 11.6. The monoisotopic (exact) mass is 302 g/mol. The number of carbonyl (C=O) groups is 1. The first-order valence-corrected chi connectivity index (χ1v) is 9.94. The molecule has 0 N–H and O–H groups in total. The Morgan fingerprint density at radius 3 is 2.00 bits per heavy atom. The summed E-state index contributed by atoms with van der Waals surface area (Å²) < 4.78 is 17.2. The molecule has 0 bridgehead atoms. The standard InChI is InChI=1S/C15H30O4Si/c1-5-9-11-18-20(8-4,19-12-10-6-2)14-13-17-15(16)7-3/h7H,3,5-6,8-14H2,1-2,4H3. The molecule has 0 aliphatic rings. The van der Waals surface area contributed by atoms with E-state index < -0.39 is 8.56 Å².